The number of ether oxygens (including phenoxy) is 1. The highest BCUT2D eigenvalue weighted by molar-refractivity contribution is 6.93. The van der Waals surface area contributed by atoms with Crippen molar-refractivity contribution in [3.05, 3.63) is 59.2 Å². The van der Waals surface area contributed by atoms with Crippen LogP contribution in [0.4, 0.5) is 0 Å². The van der Waals surface area contributed by atoms with Crippen molar-refractivity contribution in [1.29, 1.82) is 0 Å². The standard InChI is InChI=1S/C23H28N2OSi/c1-25-13-7-10-21(25)22(27(3,4)5)14-16-8-6-9-18-19-15-17(26-2)11-12-20(19)24-23(16)18/h7,10-13,15,24H,6,8-9H2,1-5H3. The fourth-order valence-electron chi connectivity index (χ4n) is 4.07. The van der Waals surface area contributed by atoms with Gasteiger partial charge in [0.2, 0.25) is 0 Å². The maximum atomic E-state index is 5.44. The number of hydrogen-bond acceptors (Lipinski definition) is 1. The predicted molar refractivity (Wildman–Crippen MR) is 117 cm³/mol. The molecule has 27 heavy (non-hydrogen) atoms. The predicted octanol–water partition coefficient (Wildman–Crippen LogP) is 5.79. The van der Waals surface area contributed by atoms with Gasteiger partial charge in [-0.2, -0.15) is 0 Å². The minimum atomic E-state index is -1.55. The molecule has 0 atom stereocenters. The Morgan fingerprint density at radius 1 is 1.19 bits per heavy atom. The summed E-state index contributed by atoms with van der Waals surface area (Å²) in [5, 5.41) is 2.69. The Balaban J connectivity index is 1.97. The minimum absolute atomic E-state index is 0.919. The summed E-state index contributed by atoms with van der Waals surface area (Å²) in [6.45, 7) is 7.22. The number of aryl methyl sites for hydroxylation is 2. The number of nitrogens with zero attached hydrogens (tertiary/aromatic N) is 1. The normalized spacial score (nSPS) is 14.2. The van der Waals surface area contributed by atoms with Gasteiger partial charge in [-0.05, 0) is 55.2 Å². The van der Waals surface area contributed by atoms with Crippen LogP contribution in [-0.2, 0) is 13.5 Å². The van der Waals surface area contributed by atoms with E-state index in [0.717, 1.165) is 18.6 Å². The van der Waals surface area contributed by atoms with Gasteiger partial charge < -0.3 is 14.3 Å². The van der Waals surface area contributed by atoms with Crippen molar-refractivity contribution in [3.63, 3.8) is 0 Å². The number of hydrogen-bond donors (Lipinski definition) is 1. The number of aromatic nitrogens is 2. The van der Waals surface area contributed by atoms with Gasteiger partial charge in [-0.25, -0.2) is 0 Å². The number of rotatable bonds is 3. The lowest BCUT2D eigenvalue weighted by atomic mass is 9.91. The first-order chi connectivity index (χ1) is 12.9. The van der Waals surface area contributed by atoms with E-state index in [1.165, 1.54) is 45.0 Å². The Morgan fingerprint density at radius 2 is 2.00 bits per heavy atom. The van der Waals surface area contributed by atoms with Crippen molar-refractivity contribution >= 4 is 29.7 Å². The zero-order chi connectivity index (χ0) is 19.2. The molecule has 0 saturated heterocycles. The fourth-order valence-corrected chi connectivity index (χ4v) is 5.62. The molecule has 0 radical (unpaired) electrons. The molecular weight excluding hydrogens is 348 g/mol. The number of nitrogens with one attached hydrogen (secondary N) is 1. The molecule has 0 amide bonds. The van der Waals surface area contributed by atoms with E-state index in [1.807, 2.05) is 6.07 Å². The van der Waals surface area contributed by atoms with Gasteiger partial charge in [-0.15, -0.1) is 5.73 Å². The van der Waals surface area contributed by atoms with Crippen LogP contribution in [0.15, 0.2) is 42.3 Å². The molecule has 1 N–H and O–H groups in total. The van der Waals surface area contributed by atoms with Gasteiger partial charge in [0.05, 0.1) is 20.9 Å². The number of benzene rings is 1. The van der Waals surface area contributed by atoms with Crippen LogP contribution in [0.3, 0.4) is 0 Å². The van der Waals surface area contributed by atoms with E-state index in [0.29, 0.717) is 0 Å². The van der Waals surface area contributed by atoms with Crippen LogP contribution < -0.4 is 4.74 Å². The summed E-state index contributed by atoms with van der Waals surface area (Å²) < 4.78 is 7.67. The summed E-state index contributed by atoms with van der Waals surface area (Å²) in [6, 6.07) is 10.7. The van der Waals surface area contributed by atoms with Gasteiger partial charge >= 0.3 is 0 Å². The highest BCUT2D eigenvalue weighted by Gasteiger charge is 2.25. The highest BCUT2D eigenvalue weighted by atomic mass is 28.3. The van der Waals surface area contributed by atoms with Crippen molar-refractivity contribution < 1.29 is 4.74 Å². The van der Waals surface area contributed by atoms with Gasteiger partial charge in [0.15, 0.2) is 0 Å². The molecule has 3 nitrogen and oxygen atoms in total. The molecule has 4 heteroatoms. The van der Waals surface area contributed by atoms with E-state index in [1.54, 1.807) is 7.11 Å². The molecule has 0 bridgehead atoms. The number of fused-ring (bicyclic) bond motifs is 3. The van der Waals surface area contributed by atoms with Gasteiger partial charge in [-0.1, -0.05) is 19.6 Å². The summed E-state index contributed by atoms with van der Waals surface area (Å²) in [5.74, 6) is 0.919. The highest BCUT2D eigenvalue weighted by Crippen LogP contribution is 2.37. The zero-order valence-electron chi connectivity index (χ0n) is 16.9. The first-order valence-corrected chi connectivity index (χ1v) is 13.2. The van der Waals surface area contributed by atoms with Gasteiger partial charge in [0, 0.05) is 40.6 Å². The lowest BCUT2D eigenvalue weighted by molar-refractivity contribution is 0.415. The Hall–Kier alpha value is -2.42. The molecule has 2 aromatic heterocycles. The molecule has 0 spiro atoms. The second-order valence-corrected chi connectivity index (χ2v) is 13.5. The Labute approximate surface area is 162 Å². The van der Waals surface area contributed by atoms with Crippen LogP contribution in [0.2, 0.25) is 19.6 Å². The molecule has 140 valence electrons. The van der Waals surface area contributed by atoms with E-state index < -0.39 is 8.07 Å². The largest absolute Gasteiger partial charge is 0.497 e. The topological polar surface area (TPSA) is 29.9 Å². The third kappa shape index (κ3) is 3.20. The molecule has 2 heterocycles. The first-order valence-electron chi connectivity index (χ1n) is 9.69. The molecule has 0 aliphatic heterocycles. The molecule has 1 aliphatic carbocycles. The SMILES string of the molecule is COc1ccc2[nH]c3c(c2c1)CCCC3=C=C(c1cccn1C)[Si](C)(C)C. The maximum absolute atomic E-state index is 5.44. The van der Waals surface area contributed by atoms with E-state index in [-0.39, 0.29) is 0 Å². The average molecular weight is 377 g/mol. The summed E-state index contributed by atoms with van der Waals surface area (Å²) in [5.41, 5.74) is 10.4. The van der Waals surface area contributed by atoms with E-state index in [2.05, 4.69) is 72.4 Å². The Kier molecular flexibility index (Phi) is 4.41. The fraction of sp³-hybridized carbons (Fsp3) is 0.348. The second kappa shape index (κ2) is 6.63. The molecule has 3 aromatic rings. The Morgan fingerprint density at radius 3 is 2.67 bits per heavy atom. The summed E-state index contributed by atoms with van der Waals surface area (Å²) in [4.78, 5) is 3.67. The second-order valence-electron chi connectivity index (χ2n) is 8.48. The van der Waals surface area contributed by atoms with Crippen molar-refractivity contribution in [3.8, 4) is 5.75 Å². The quantitative estimate of drug-likeness (QED) is 0.455. The number of H-pyrrole nitrogens is 1. The number of methoxy groups -OCH3 is 1. The van der Waals surface area contributed by atoms with Crippen LogP contribution in [-0.4, -0.2) is 24.7 Å². The van der Waals surface area contributed by atoms with Crippen LogP contribution >= 0.6 is 0 Å². The lowest BCUT2D eigenvalue weighted by Crippen LogP contribution is -2.23. The lowest BCUT2D eigenvalue weighted by Gasteiger charge is -2.21. The van der Waals surface area contributed by atoms with Crippen molar-refractivity contribution in [2.24, 2.45) is 7.05 Å². The maximum Gasteiger partial charge on any atom is 0.119 e. The average Bonchev–Trinajstić information content (AvgIpc) is 3.21. The van der Waals surface area contributed by atoms with Crippen LogP contribution in [0.25, 0.3) is 21.7 Å². The van der Waals surface area contributed by atoms with Crippen molar-refractivity contribution in [2.45, 2.75) is 38.9 Å². The molecule has 1 aliphatic rings. The first kappa shape index (κ1) is 18.0. The minimum Gasteiger partial charge on any atom is -0.497 e. The van der Waals surface area contributed by atoms with Crippen molar-refractivity contribution in [2.75, 3.05) is 7.11 Å². The summed E-state index contributed by atoms with van der Waals surface area (Å²) in [6.07, 6.45) is 5.49. The van der Waals surface area contributed by atoms with Crippen LogP contribution in [0, 0.1) is 0 Å². The van der Waals surface area contributed by atoms with Gasteiger partial charge in [-0.3, -0.25) is 0 Å². The van der Waals surface area contributed by atoms with Crippen LogP contribution in [0.1, 0.15) is 29.8 Å². The monoisotopic (exact) mass is 376 g/mol. The molecule has 0 unspecified atom stereocenters. The Bertz CT molecular complexity index is 1070. The van der Waals surface area contributed by atoms with Crippen LogP contribution in [0.5, 0.6) is 5.75 Å². The summed E-state index contributed by atoms with van der Waals surface area (Å²) >= 11 is 0. The molecule has 4 rings (SSSR count). The molecular formula is C23H28N2OSi. The van der Waals surface area contributed by atoms with E-state index >= 15 is 0 Å². The summed E-state index contributed by atoms with van der Waals surface area (Å²) in [7, 11) is 2.31. The number of allylic oxidation sites excluding steroid dienone is 1. The van der Waals surface area contributed by atoms with Gasteiger partial charge in [0.1, 0.15) is 5.75 Å². The van der Waals surface area contributed by atoms with E-state index in [9.17, 15) is 0 Å². The van der Waals surface area contributed by atoms with Crippen molar-refractivity contribution in [1.82, 2.24) is 9.55 Å². The smallest absolute Gasteiger partial charge is 0.119 e. The van der Waals surface area contributed by atoms with E-state index in [4.69, 9.17) is 4.74 Å². The molecule has 0 saturated carbocycles. The molecule has 1 aromatic carbocycles. The van der Waals surface area contributed by atoms with Gasteiger partial charge in [0.25, 0.3) is 0 Å². The third-order valence-corrected chi connectivity index (χ3v) is 7.38. The zero-order valence-corrected chi connectivity index (χ0v) is 17.9. The molecule has 0 fully saturated rings. The number of aromatic amines is 1. The third-order valence-electron chi connectivity index (χ3n) is 5.49.